The molecule has 7 nitrogen and oxygen atoms in total. The molecule has 0 fully saturated rings. The van der Waals surface area contributed by atoms with Crippen LogP contribution in [0.1, 0.15) is 18.5 Å². The lowest BCUT2D eigenvalue weighted by atomic mass is 10.1. The molecule has 22 heavy (non-hydrogen) atoms. The Hall–Kier alpha value is -2.29. The molecule has 0 saturated carbocycles. The third-order valence-corrected chi connectivity index (χ3v) is 4.58. The number of amides is 1. The van der Waals surface area contributed by atoms with Crippen LogP contribution in [0.4, 0.5) is 4.39 Å². The van der Waals surface area contributed by atoms with E-state index in [0.717, 1.165) is 0 Å². The molecule has 0 aliphatic heterocycles. The van der Waals surface area contributed by atoms with Crippen molar-refractivity contribution >= 4 is 15.7 Å². The van der Waals surface area contributed by atoms with Crippen molar-refractivity contribution in [3.63, 3.8) is 0 Å². The second kappa shape index (κ2) is 6.22. The van der Waals surface area contributed by atoms with Gasteiger partial charge in [0.2, 0.25) is 20.9 Å². The molecule has 0 aliphatic carbocycles. The van der Waals surface area contributed by atoms with Gasteiger partial charge in [0.15, 0.2) is 0 Å². The summed E-state index contributed by atoms with van der Waals surface area (Å²) in [6, 6.07) is 5.15. The summed E-state index contributed by atoms with van der Waals surface area (Å²) in [6.45, 7) is 1.68. The Morgan fingerprint density at radius 3 is 2.55 bits per heavy atom. The SMILES string of the molecule is C[C@@H](NC(=O)CS(=O)(=O)c1nncn1C)c1ccc(F)cc1. The maximum Gasteiger partial charge on any atom is 0.249 e. The fraction of sp³-hybridized carbons (Fsp3) is 0.308. The van der Waals surface area contributed by atoms with Crippen LogP contribution in [0.2, 0.25) is 0 Å². The lowest BCUT2D eigenvalue weighted by Crippen LogP contribution is -2.33. The third kappa shape index (κ3) is 3.67. The number of hydrogen-bond acceptors (Lipinski definition) is 5. The summed E-state index contributed by atoms with van der Waals surface area (Å²) >= 11 is 0. The molecule has 0 aliphatic rings. The summed E-state index contributed by atoms with van der Waals surface area (Å²) in [5, 5.41) is 9.26. The summed E-state index contributed by atoms with van der Waals surface area (Å²) in [4.78, 5) is 11.9. The van der Waals surface area contributed by atoms with Gasteiger partial charge in [-0.2, -0.15) is 0 Å². The molecule has 1 atom stereocenters. The molecule has 0 unspecified atom stereocenters. The van der Waals surface area contributed by atoms with Crippen LogP contribution in [0, 0.1) is 5.82 Å². The number of halogens is 1. The lowest BCUT2D eigenvalue weighted by molar-refractivity contribution is -0.119. The van der Waals surface area contributed by atoms with E-state index >= 15 is 0 Å². The second-order valence-electron chi connectivity index (χ2n) is 4.82. The van der Waals surface area contributed by atoms with Crippen molar-refractivity contribution in [3.8, 4) is 0 Å². The van der Waals surface area contributed by atoms with E-state index in [9.17, 15) is 17.6 Å². The summed E-state index contributed by atoms with van der Waals surface area (Å²) in [7, 11) is -2.39. The molecule has 1 heterocycles. The van der Waals surface area contributed by atoms with Gasteiger partial charge in [-0.3, -0.25) is 4.79 Å². The molecule has 0 saturated heterocycles. The molecule has 0 radical (unpaired) electrons. The first-order chi connectivity index (χ1) is 10.3. The van der Waals surface area contributed by atoms with Crippen LogP contribution in [0.25, 0.3) is 0 Å². The smallest absolute Gasteiger partial charge is 0.249 e. The number of nitrogens with zero attached hydrogens (tertiary/aromatic N) is 3. The third-order valence-electron chi connectivity index (χ3n) is 3.02. The van der Waals surface area contributed by atoms with Crippen molar-refractivity contribution in [3.05, 3.63) is 42.0 Å². The van der Waals surface area contributed by atoms with Crippen molar-refractivity contribution in [1.29, 1.82) is 0 Å². The van der Waals surface area contributed by atoms with Crippen molar-refractivity contribution in [2.75, 3.05) is 5.75 Å². The van der Waals surface area contributed by atoms with Crippen LogP contribution in [0.15, 0.2) is 35.7 Å². The average molecular weight is 326 g/mol. The van der Waals surface area contributed by atoms with Gasteiger partial charge in [0, 0.05) is 7.05 Å². The standard InChI is InChI=1S/C13H15FN4O3S/c1-9(10-3-5-11(14)6-4-10)16-12(19)7-22(20,21)13-17-15-8-18(13)2/h3-6,8-9H,7H2,1-2H3,(H,16,19)/t9-/m1/s1. The van der Waals surface area contributed by atoms with Crippen LogP contribution in [-0.2, 0) is 21.7 Å². The van der Waals surface area contributed by atoms with E-state index in [0.29, 0.717) is 5.56 Å². The summed E-state index contributed by atoms with van der Waals surface area (Å²) in [6.07, 6.45) is 1.24. The predicted molar refractivity (Wildman–Crippen MR) is 76.0 cm³/mol. The normalized spacial score (nSPS) is 12.9. The van der Waals surface area contributed by atoms with E-state index in [1.54, 1.807) is 6.92 Å². The Kier molecular flexibility index (Phi) is 4.55. The number of benzene rings is 1. The van der Waals surface area contributed by atoms with Gasteiger partial charge in [-0.15, -0.1) is 10.2 Å². The maximum absolute atomic E-state index is 12.8. The van der Waals surface area contributed by atoms with Crippen LogP contribution in [0.5, 0.6) is 0 Å². The Labute approximate surface area is 127 Å². The molecule has 2 aromatic rings. The summed E-state index contributed by atoms with van der Waals surface area (Å²) < 4.78 is 38.2. The van der Waals surface area contributed by atoms with Crippen molar-refractivity contribution in [1.82, 2.24) is 20.1 Å². The van der Waals surface area contributed by atoms with Crippen molar-refractivity contribution in [2.24, 2.45) is 7.05 Å². The van der Waals surface area contributed by atoms with Crippen LogP contribution >= 0.6 is 0 Å². The van der Waals surface area contributed by atoms with E-state index in [2.05, 4.69) is 15.5 Å². The van der Waals surface area contributed by atoms with Gasteiger partial charge in [-0.05, 0) is 24.6 Å². The first kappa shape index (κ1) is 16.1. The number of rotatable bonds is 5. The first-order valence-corrected chi connectivity index (χ1v) is 8.06. The van der Waals surface area contributed by atoms with Crippen molar-refractivity contribution < 1.29 is 17.6 Å². The van der Waals surface area contributed by atoms with Crippen LogP contribution < -0.4 is 5.32 Å². The lowest BCUT2D eigenvalue weighted by Gasteiger charge is -2.14. The molecule has 9 heteroatoms. The highest BCUT2D eigenvalue weighted by Crippen LogP contribution is 2.13. The summed E-state index contributed by atoms with van der Waals surface area (Å²) in [5.74, 6) is -1.78. The van der Waals surface area contributed by atoms with E-state index in [-0.39, 0.29) is 11.0 Å². The topological polar surface area (TPSA) is 93.9 Å². The minimum atomic E-state index is -3.86. The van der Waals surface area contributed by atoms with Gasteiger partial charge >= 0.3 is 0 Å². The number of carbonyl (C=O) groups excluding carboxylic acids is 1. The zero-order chi connectivity index (χ0) is 16.3. The fourth-order valence-corrected chi connectivity index (χ4v) is 3.12. The van der Waals surface area contributed by atoms with Crippen LogP contribution in [-0.4, -0.2) is 34.8 Å². The van der Waals surface area contributed by atoms with E-state index in [1.807, 2.05) is 0 Å². The van der Waals surface area contributed by atoms with Gasteiger partial charge in [0.1, 0.15) is 17.9 Å². The minimum Gasteiger partial charge on any atom is -0.349 e. The van der Waals surface area contributed by atoms with Crippen molar-refractivity contribution in [2.45, 2.75) is 18.1 Å². The van der Waals surface area contributed by atoms with E-state index < -0.39 is 27.5 Å². The number of nitrogens with one attached hydrogen (secondary N) is 1. The Morgan fingerprint density at radius 1 is 1.36 bits per heavy atom. The van der Waals surface area contributed by atoms with E-state index in [1.165, 1.54) is 42.2 Å². The number of sulfone groups is 1. The Balaban J connectivity index is 2.04. The highest BCUT2D eigenvalue weighted by Gasteiger charge is 2.25. The largest absolute Gasteiger partial charge is 0.349 e. The van der Waals surface area contributed by atoms with Gasteiger partial charge in [0.25, 0.3) is 0 Å². The molecule has 1 amide bonds. The number of carbonyl (C=O) groups is 1. The highest BCUT2D eigenvalue weighted by atomic mass is 32.2. The second-order valence-corrected chi connectivity index (χ2v) is 6.71. The van der Waals surface area contributed by atoms with Gasteiger partial charge in [0.05, 0.1) is 6.04 Å². The van der Waals surface area contributed by atoms with Gasteiger partial charge in [-0.1, -0.05) is 12.1 Å². The predicted octanol–water partition coefficient (Wildman–Crippen LogP) is 0.605. The first-order valence-electron chi connectivity index (χ1n) is 6.41. The average Bonchev–Trinajstić information content (AvgIpc) is 2.85. The molecule has 2 rings (SSSR count). The van der Waals surface area contributed by atoms with E-state index in [4.69, 9.17) is 0 Å². The number of hydrogen-bond donors (Lipinski definition) is 1. The van der Waals surface area contributed by atoms with Gasteiger partial charge < -0.3 is 9.88 Å². The minimum absolute atomic E-state index is 0.267. The summed E-state index contributed by atoms with van der Waals surface area (Å²) in [5.41, 5.74) is 0.672. The quantitative estimate of drug-likeness (QED) is 0.868. The molecule has 0 bridgehead atoms. The fourth-order valence-electron chi connectivity index (χ4n) is 1.91. The highest BCUT2D eigenvalue weighted by molar-refractivity contribution is 7.91. The number of aryl methyl sites for hydroxylation is 1. The molecule has 118 valence electrons. The molecular weight excluding hydrogens is 311 g/mol. The molecule has 1 N–H and O–H groups in total. The van der Waals surface area contributed by atoms with Gasteiger partial charge in [-0.25, -0.2) is 12.8 Å². The Bertz CT molecular complexity index is 771. The molecular formula is C13H15FN4O3S. The number of aromatic nitrogens is 3. The zero-order valence-electron chi connectivity index (χ0n) is 12.0. The monoisotopic (exact) mass is 326 g/mol. The van der Waals surface area contributed by atoms with Crippen LogP contribution in [0.3, 0.4) is 0 Å². The molecule has 1 aromatic carbocycles. The molecule has 1 aromatic heterocycles. The molecule has 0 spiro atoms. The Morgan fingerprint density at radius 2 is 2.00 bits per heavy atom. The zero-order valence-corrected chi connectivity index (χ0v) is 12.8. The maximum atomic E-state index is 12.8.